The Bertz CT molecular complexity index is 390. The van der Waals surface area contributed by atoms with Gasteiger partial charge in [-0.05, 0) is 20.0 Å². The fraction of sp³-hybridized carbons (Fsp3) is 0.429. The highest BCUT2D eigenvalue weighted by molar-refractivity contribution is 5.95. The van der Waals surface area contributed by atoms with Gasteiger partial charge in [-0.1, -0.05) is 30.3 Å². The first-order valence-electron chi connectivity index (χ1n) is 6.11. The molecule has 0 radical (unpaired) electrons. The molecule has 0 unspecified atom stereocenters. The molecule has 0 aromatic heterocycles. The molecule has 4 nitrogen and oxygen atoms in total. The number of likely N-dealkylation sites (N-methyl/N-ethyl adjacent to an activating group) is 2. The number of nitrogens with one attached hydrogen (secondary N) is 1. The molecule has 1 N–H and O–H groups in total. The van der Waals surface area contributed by atoms with Crippen molar-refractivity contribution < 1.29 is 9.59 Å². The zero-order valence-electron chi connectivity index (χ0n) is 11.0. The molecule has 0 atom stereocenters. The van der Waals surface area contributed by atoms with Crippen LogP contribution >= 0.6 is 0 Å². The van der Waals surface area contributed by atoms with Crippen molar-refractivity contribution in [1.29, 1.82) is 0 Å². The number of hydrogen-bond acceptors (Lipinski definition) is 3. The maximum absolute atomic E-state index is 11.8. The third kappa shape index (κ3) is 5.10. The number of ketones is 1. The third-order valence-corrected chi connectivity index (χ3v) is 2.73. The Morgan fingerprint density at radius 2 is 1.89 bits per heavy atom. The minimum atomic E-state index is -0.00751. The quantitative estimate of drug-likeness (QED) is 0.741. The number of Topliss-reactive ketones (excluding diaryl/α,β-unsaturated/α-hetero) is 1. The lowest BCUT2D eigenvalue weighted by molar-refractivity contribution is -0.121. The van der Waals surface area contributed by atoms with Crippen LogP contribution in [0.5, 0.6) is 0 Å². The number of carbonyl (C=O) groups excluding carboxylic acids is 2. The fourth-order valence-electron chi connectivity index (χ4n) is 1.68. The smallest absolute Gasteiger partial charge is 0.233 e. The lowest BCUT2D eigenvalue weighted by Gasteiger charge is -2.14. The molecule has 0 aliphatic carbocycles. The van der Waals surface area contributed by atoms with E-state index in [9.17, 15) is 9.59 Å². The second-order valence-corrected chi connectivity index (χ2v) is 4.30. The van der Waals surface area contributed by atoms with Gasteiger partial charge in [0.15, 0.2) is 5.78 Å². The Hall–Kier alpha value is -1.68. The van der Waals surface area contributed by atoms with Crippen molar-refractivity contribution in [2.45, 2.75) is 12.8 Å². The van der Waals surface area contributed by atoms with Gasteiger partial charge in [0, 0.05) is 19.0 Å². The van der Waals surface area contributed by atoms with Gasteiger partial charge in [0.05, 0.1) is 6.54 Å². The van der Waals surface area contributed by atoms with Gasteiger partial charge in [-0.3, -0.25) is 14.5 Å². The van der Waals surface area contributed by atoms with Crippen LogP contribution in [0, 0.1) is 0 Å². The number of nitrogens with zero attached hydrogens (tertiary/aromatic N) is 1. The zero-order valence-corrected chi connectivity index (χ0v) is 11.0. The summed E-state index contributed by atoms with van der Waals surface area (Å²) in [5.41, 5.74) is 0.756. The SMILES string of the molecule is CNC(=O)CN(C)CCCC(=O)c1ccccc1. The van der Waals surface area contributed by atoms with Crippen LogP contribution in [0.15, 0.2) is 30.3 Å². The van der Waals surface area contributed by atoms with Crippen molar-refractivity contribution in [2.75, 3.05) is 27.2 Å². The van der Waals surface area contributed by atoms with Crippen molar-refractivity contribution in [2.24, 2.45) is 0 Å². The van der Waals surface area contributed by atoms with E-state index in [4.69, 9.17) is 0 Å². The molecule has 0 saturated carbocycles. The lowest BCUT2D eigenvalue weighted by atomic mass is 10.1. The third-order valence-electron chi connectivity index (χ3n) is 2.73. The minimum absolute atomic E-state index is 0.00751. The topological polar surface area (TPSA) is 49.4 Å². The molecule has 1 amide bonds. The molecular formula is C14H20N2O2. The molecule has 0 aliphatic heterocycles. The van der Waals surface area contributed by atoms with E-state index in [0.717, 1.165) is 18.5 Å². The maximum Gasteiger partial charge on any atom is 0.233 e. The molecule has 98 valence electrons. The van der Waals surface area contributed by atoms with Crippen LogP contribution in [-0.2, 0) is 4.79 Å². The standard InChI is InChI=1S/C14H20N2O2/c1-15-14(18)11-16(2)10-6-9-13(17)12-7-4-3-5-8-12/h3-5,7-8H,6,9-11H2,1-2H3,(H,15,18). The summed E-state index contributed by atoms with van der Waals surface area (Å²) >= 11 is 0. The molecule has 4 heteroatoms. The first kappa shape index (κ1) is 14.4. The average Bonchev–Trinajstić information content (AvgIpc) is 2.39. The molecule has 0 aliphatic rings. The molecule has 0 heterocycles. The molecule has 0 saturated heterocycles. The van der Waals surface area contributed by atoms with Crippen molar-refractivity contribution in [3.05, 3.63) is 35.9 Å². The van der Waals surface area contributed by atoms with Gasteiger partial charge in [-0.2, -0.15) is 0 Å². The van der Waals surface area contributed by atoms with E-state index < -0.39 is 0 Å². The van der Waals surface area contributed by atoms with Crippen molar-refractivity contribution >= 4 is 11.7 Å². The van der Waals surface area contributed by atoms with Gasteiger partial charge in [-0.15, -0.1) is 0 Å². The molecule has 0 spiro atoms. The molecule has 1 rings (SSSR count). The summed E-state index contributed by atoms with van der Waals surface area (Å²) in [6.07, 6.45) is 1.28. The van der Waals surface area contributed by atoms with Crippen LogP contribution in [0.4, 0.5) is 0 Å². The van der Waals surface area contributed by atoms with Crippen LogP contribution < -0.4 is 5.32 Å². The van der Waals surface area contributed by atoms with E-state index in [2.05, 4.69) is 5.32 Å². The summed E-state index contributed by atoms with van der Waals surface area (Å²) in [5, 5.41) is 2.57. The Balaban J connectivity index is 2.26. The number of benzene rings is 1. The first-order valence-corrected chi connectivity index (χ1v) is 6.11. The Morgan fingerprint density at radius 1 is 1.22 bits per heavy atom. The lowest BCUT2D eigenvalue weighted by Crippen LogP contribution is -2.33. The summed E-state index contributed by atoms with van der Waals surface area (Å²) < 4.78 is 0. The highest BCUT2D eigenvalue weighted by Crippen LogP contribution is 2.05. The van der Waals surface area contributed by atoms with Crippen LogP contribution in [0.1, 0.15) is 23.2 Å². The summed E-state index contributed by atoms with van der Waals surface area (Å²) in [6.45, 7) is 1.11. The van der Waals surface area contributed by atoms with Crippen molar-refractivity contribution in [1.82, 2.24) is 10.2 Å². The highest BCUT2D eigenvalue weighted by Gasteiger charge is 2.07. The monoisotopic (exact) mass is 248 g/mol. The van der Waals surface area contributed by atoms with E-state index in [1.165, 1.54) is 0 Å². The van der Waals surface area contributed by atoms with Crippen LogP contribution in [0.3, 0.4) is 0 Å². The van der Waals surface area contributed by atoms with Gasteiger partial charge in [0.2, 0.25) is 5.91 Å². The van der Waals surface area contributed by atoms with E-state index in [-0.39, 0.29) is 11.7 Å². The van der Waals surface area contributed by atoms with Gasteiger partial charge < -0.3 is 5.32 Å². The maximum atomic E-state index is 11.8. The Labute approximate surface area is 108 Å². The van der Waals surface area contributed by atoms with Crippen molar-refractivity contribution in [3.8, 4) is 0 Å². The van der Waals surface area contributed by atoms with Crippen LogP contribution in [0.25, 0.3) is 0 Å². The van der Waals surface area contributed by atoms with Crippen LogP contribution in [0.2, 0.25) is 0 Å². The summed E-state index contributed by atoms with van der Waals surface area (Å²) in [4.78, 5) is 24.8. The number of amides is 1. The van der Waals surface area contributed by atoms with E-state index >= 15 is 0 Å². The summed E-state index contributed by atoms with van der Waals surface area (Å²) in [6, 6.07) is 9.29. The normalized spacial score (nSPS) is 10.4. The van der Waals surface area contributed by atoms with Gasteiger partial charge in [-0.25, -0.2) is 0 Å². The number of rotatable bonds is 7. The highest BCUT2D eigenvalue weighted by atomic mass is 16.2. The molecule has 18 heavy (non-hydrogen) atoms. The number of carbonyl (C=O) groups is 2. The van der Waals surface area contributed by atoms with Gasteiger partial charge in [0.1, 0.15) is 0 Å². The molecular weight excluding hydrogens is 228 g/mol. The summed E-state index contributed by atoms with van der Waals surface area (Å²) in [5.74, 6) is 0.149. The van der Waals surface area contributed by atoms with E-state index in [0.29, 0.717) is 13.0 Å². The van der Waals surface area contributed by atoms with Gasteiger partial charge >= 0.3 is 0 Å². The summed E-state index contributed by atoms with van der Waals surface area (Å²) in [7, 11) is 3.50. The number of hydrogen-bond donors (Lipinski definition) is 1. The molecule has 0 bridgehead atoms. The predicted molar refractivity (Wildman–Crippen MR) is 71.6 cm³/mol. The largest absolute Gasteiger partial charge is 0.358 e. The first-order chi connectivity index (χ1) is 8.63. The second-order valence-electron chi connectivity index (χ2n) is 4.30. The zero-order chi connectivity index (χ0) is 13.4. The second kappa shape index (κ2) is 7.61. The minimum Gasteiger partial charge on any atom is -0.358 e. The molecule has 1 aromatic rings. The molecule has 1 aromatic carbocycles. The van der Waals surface area contributed by atoms with Crippen molar-refractivity contribution in [3.63, 3.8) is 0 Å². The fourth-order valence-corrected chi connectivity index (χ4v) is 1.68. The van der Waals surface area contributed by atoms with Crippen LogP contribution in [-0.4, -0.2) is 43.8 Å². The molecule has 0 fully saturated rings. The Morgan fingerprint density at radius 3 is 2.50 bits per heavy atom. The Kier molecular flexibility index (Phi) is 6.08. The average molecular weight is 248 g/mol. The van der Waals surface area contributed by atoms with Gasteiger partial charge in [0.25, 0.3) is 0 Å². The predicted octanol–water partition coefficient (Wildman–Crippen LogP) is 1.33. The van der Waals surface area contributed by atoms with E-state index in [1.807, 2.05) is 42.3 Å². The van der Waals surface area contributed by atoms with E-state index in [1.54, 1.807) is 7.05 Å².